The Morgan fingerprint density at radius 3 is 2.12 bits per heavy atom. The van der Waals surface area contributed by atoms with Crippen molar-refractivity contribution in [1.82, 2.24) is 0 Å². The lowest BCUT2D eigenvalue weighted by Gasteiger charge is -2.12. The minimum absolute atomic E-state index is 1.23. The van der Waals surface area contributed by atoms with Crippen molar-refractivity contribution in [3.63, 3.8) is 0 Å². The third kappa shape index (κ3) is 2.73. The molecule has 0 atom stereocenters. The number of benzene rings is 1. The molecule has 84 valence electrons. The largest absolute Gasteiger partial charge is 0.0990 e. The van der Waals surface area contributed by atoms with Crippen molar-refractivity contribution in [2.24, 2.45) is 0 Å². The van der Waals surface area contributed by atoms with Gasteiger partial charge in [0.1, 0.15) is 0 Å². The van der Waals surface area contributed by atoms with Gasteiger partial charge in [-0.25, -0.2) is 0 Å². The summed E-state index contributed by atoms with van der Waals surface area (Å²) in [6, 6.07) is 4.45. The lowest BCUT2D eigenvalue weighted by Crippen LogP contribution is -1.93. The van der Waals surface area contributed by atoms with Gasteiger partial charge in [-0.2, -0.15) is 0 Å². The Bertz CT molecular complexity index is 422. The van der Waals surface area contributed by atoms with Gasteiger partial charge in [-0.05, 0) is 50.0 Å². The van der Waals surface area contributed by atoms with E-state index in [0.29, 0.717) is 0 Å². The Morgan fingerprint density at radius 2 is 1.69 bits per heavy atom. The monoisotopic (exact) mass is 212 g/mol. The summed E-state index contributed by atoms with van der Waals surface area (Å²) in [4.78, 5) is 0. The van der Waals surface area contributed by atoms with Gasteiger partial charge in [0.25, 0.3) is 0 Å². The van der Waals surface area contributed by atoms with Crippen molar-refractivity contribution in [2.45, 2.75) is 27.7 Å². The maximum Gasteiger partial charge on any atom is -0.0125 e. The molecule has 0 spiro atoms. The fourth-order valence-corrected chi connectivity index (χ4v) is 2.16. The highest BCUT2D eigenvalue weighted by atomic mass is 14.1. The molecule has 0 saturated heterocycles. The predicted octanol–water partition coefficient (Wildman–Crippen LogP) is 4.76. The SMILES string of the molecule is C=C/C=C(\C=C/C)c1c(C)cc(C)cc1C. The highest BCUT2D eigenvalue weighted by Crippen LogP contribution is 2.25. The van der Waals surface area contributed by atoms with Crippen LogP contribution in [0.2, 0.25) is 0 Å². The molecule has 0 aliphatic carbocycles. The van der Waals surface area contributed by atoms with E-state index in [1.165, 1.54) is 27.8 Å². The van der Waals surface area contributed by atoms with Crippen LogP contribution in [0.5, 0.6) is 0 Å². The van der Waals surface area contributed by atoms with Gasteiger partial charge < -0.3 is 0 Å². The second-order valence-corrected chi connectivity index (χ2v) is 4.13. The second kappa shape index (κ2) is 5.50. The summed E-state index contributed by atoms with van der Waals surface area (Å²) >= 11 is 0. The normalized spacial score (nSPS) is 12.1. The van der Waals surface area contributed by atoms with Gasteiger partial charge in [-0.1, -0.05) is 48.6 Å². The van der Waals surface area contributed by atoms with Crippen LogP contribution in [0.4, 0.5) is 0 Å². The number of allylic oxidation sites excluding steroid dienone is 5. The van der Waals surface area contributed by atoms with E-state index < -0.39 is 0 Å². The van der Waals surface area contributed by atoms with E-state index in [0.717, 1.165) is 0 Å². The van der Waals surface area contributed by atoms with E-state index in [4.69, 9.17) is 0 Å². The minimum atomic E-state index is 1.23. The van der Waals surface area contributed by atoms with Gasteiger partial charge in [0.05, 0.1) is 0 Å². The summed E-state index contributed by atoms with van der Waals surface area (Å²) in [5.74, 6) is 0. The van der Waals surface area contributed by atoms with Crippen LogP contribution in [-0.4, -0.2) is 0 Å². The summed E-state index contributed by atoms with van der Waals surface area (Å²) in [5.41, 5.74) is 6.51. The van der Waals surface area contributed by atoms with Gasteiger partial charge in [-0.3, -0.25) is 0 Å². The fraction of sp³-hybridized carbons (Fsp3) is 0.250. The zero-order valence-electron chi connectivity index (χ0n) is 10.7. The summed E-state index contributed by atoms with van der Waals surface area (Å²) in [6.45, 7) is 12.3. The molecule has 0 bridgehead atoms. The summed E-state index contributed by atoms with van der Waals surface area (Å²) < 4.78 is 0. The molecule has 0 saturated carbocycles. The second-order valence-electron chi connectivity index (χ2n) is 4.13. The molecule has 0 nitrogen and oxygen atoms in total. The highest BCUT2D eigenvalue weighted by Gasteiger charge is 2.06. The third-order valence-corrected chi connectivity index (χ3v) is 2.61. The van der Waals surface area contributed by atoms with E-state index in [-0.39, 0.29) is 0 Å². The third-order valence-electron chi connectivity index (χ3n) is 2.61. The smallest absolute Gasteiger partial charge is 0.0125 e. The van der Waals surface area contributed by atoms with Crippen molar-refractivity contribution in [3.05, 3.63) is 65.3 Å². The molecule has 0 aliphatic rings. The fourth-order valence-electron chi connectivity index (χ4n) is 2.16. The number of hydrogen-bond donors (Lipinski definition) is 0. The molecule has 0 aromatic heterocycles. The topological polar surface area (TPSA) is 0 Å². The molecule has 0 unspecified atom stereocenters. The van der Waals surface area contributed by atoms with Crippen LogP contribution in [0.1, 0.15) is 29.2 Å². The molecule has 0 N–H and O–H groups in total. The lowest BCUT2D eigenvalue weighted by molar-refractivity contribution is 1.29. The molecule has 1 aromatic carbocycles. The first kappa shape index (κ1) is 12.5. The Hall–Kier alpha value is -1.56. The first-order valence-electron chi connectivity index (χ1n) is 5.63. The van der Waals surface area contributed by atoms with Crippen LogP contribution < -0.4 is 0 Å². The van der Waals surface area contributed by atoms with Crippen molar-refractivity contribution in [1.29, 1.82) is 0 Å². The molecule has 1 aromatic rings. The van der Waals surface area contributed by atoms with Crippen LogP contribution in [-0.2, 0) is 0 Å². The maximum atomic E-state index is 3.77. The zero-order chi connectivity index (χ0) is 12.1. The Balaban J connectivity index is 3.41. The summed E-state index contributed by atoms with van der Waals surface area (Å²) in [6.07, 6.45) is 8.10. The van der Waals surface area contributed by atoms with Crippen molar-refractivity contribution < 1.29 is 0 Å². The van der Waals surface area contributed by atoms with Crippen LogP contribution in [0.25, 0.3) is 5.57 Å². The molecule has 1 rings (SSSR count). The number of hydrogen-bond acceptors (Lipinski definition) is 0. The van der Waals surface area contributed by atoms with Gasteiger partial charge >= 0.3 is 0 Å². The van der Waals surface area contributed by atoms with E-state index in [1.807, 2.05) is 13.0 Å². The molecular formula is C16H20. The molecular weight excluding hydrogens is 192 g/mol. The van der Waals surface area contributed by atoms with E-state index in [2.05, 4.69) is 57.7 Å². The minimum Gasteiger partial charge on any atom is -0.0990 e. The summed E-state index contributed by atoms with van der Waals surface area (Å²) in [5, 5.41) is 0. The van der Waals surface area contributed by atoms with Gasteiger partial charge in [-0.15, -0.1) is 0 Å². The molecule has 0 radical (unpaired) electrons. The average molecular weight is 212 g/mol. The van der Waals surface area contributed by atoms with Crippen LogP contribution in [0.15, 0.2) is 43.0 Å². The van der Waals surface area contributed by atoms with Crippen molar-refractivity contribution >= 4 is 5.57 Å². The number of rotatable bonds is 3. The molecule has 0 fully saturated rings. The molecule has 0 aliphatic heterocycles. The van der Waals surface area contributed by atoms with Crippen molar-refractivity contribution in [3.8, 4) is 0 Å². The van der Waals surface area contributed by atoms with E-state index in [1.54, 1.807) is 0 Å². The Labute approximate surface area is 99.0 Å². The van der Waals surface area contributed by atoms with Gasteiger partial charge in [0.15, 0.2) is 0 Å². The van der Waals surface area contributed by atoms with Crippen LogP contribution >= 0.6 is 0 Å². The zero-order valence-corrected chi connectivity index (χ0v) is 10.7. The average Bonchev–Trinajstić information content (AvgIpc) is 2.16. The Kier molecular flexibility index (Phi) is 4.30. The number of aryl methyl sites for hydroxylation is 3. The first-order chi connectivity index (χ1) is 7.60. The Morgan fingerprint density at radius 1 is 1.12 bits per heavy atom. The van der Waals surface area contributed by atoms with Gasteiger partial charge in [0.2, 0.25) is 0 Å². The van der Waals surface area contributed by atoms with Gasteiger partial charge in [0, 0.05) is 0 Å². The molecule has 0 heteroatoms. The van der Waals surface area contributed by atoms with E-state index in [9.17, 15) is 0 Å². The van der Waals surface area contributed by atoms with Crippen molar-refractivity contribution in [2.75, 3.05) is 0 Å². The predicted molar refractivity (Wildman–Crippen MR) is 73.6 cm³/mol. The maximum absolute atomic E-state index is 3.77. The molecule has 0 heterocycles. The quantitative estimate of drug-likeness (QED) is 0.634. The first-order valence-corrected chi connectivity index (χ1v) is 5.63. The lowest BCUT2D eigenvalue weighted by atomic mass is 9.93. The summed E-state index contributed by atoms with van der Waals surface area (Å²) in [7, 11) is 0. The van der Waals surface area contributed by atoms with Crippen LogP contribution in [0.3, 0.4) is 0 Å². The van der Waals surface area contributed by atoms with Crippen LogP contribution in [0, 0.1) is 20.8 Å². The standard InChI is InChI=1S/C16H20/c1-6-8-15(9-7-2)16-13(4)10-12(3)11-14(16)5/h6-11H,1H2,2-5H3/b9-7-,15-8+. The highest BCUT2D eigenvalue weighted by molar-refractivity contribution is 5.79. The van der Waals surface area contributed by atoms with E-state index >= 15 is 0 Å². The molecule has 16 heavy (non-hydrogen) atoms. The molecule has 0 amide bonds.